The van der Waals surface area contributed by atoms with Gasteiger partial charge in [-0.25, -0.2) is 0 Å². The molecule has 1 atom stereocenters. The summed E-state index contributed by atoms with van der Waals surface area (Å²) in [5.41, 5.74) is 7.54. The third-order valence-corrected chi connectivity index (χ3v) is 4.36. The van der Waals surface area contributed by atoms with Crippen LogP contribution in [0, 0.1) is 0 Å². The van der Waals surface area contributed by atoms with Crippen LogP contribution in [0.25, 0.3) is 0 Å². The molecule has 3 rings (SSSR count). The molecule has 1 fully saturated rings. The zero-order valence-electron chi connectivity index (χ0n) is 11.5. The fourth-order valence-electron chi connectivity index (χ4n) is 3.41. The Labute approximate surface area is 114 Å². The Kier molecular flexibility index (Phi) is 3.19. The molecule has 2 heterocycles. The molecule has 1 aromatic rings. The van der Waals surface area contributed by atoms with E-state index in [0.29, 0.717) is 0 Å². The van der Waals surface area contributed by atoms with Crippen molar-refractivity contribution in [3.63, 3.8) is 0 Å². The van der Waals surface area contributed by atoms with Crippen LogP contribution in [-0.2, 0) is 6.54 Å². The van der Waals surface area contributed by atoms with Crippen molar-refractivity contribution in [2.75, 3.05) is 26.2 Å². The predicted octanol–water partition coefficient (Wildman–Crippen LogP) is 1.28. The van der Waals surface area contributed by atoms with Gasteiger partial charge in [-0.3, -0.25) is 9.89 Å². The standard InChI is InChI=1S/C15H22N4/c1-2-19-14(16)17-11-15(19)8-9-18(12-15)10-13-6-4-3-5-7-13/h3-7H,2,8-12H2,1H3,(H2,16,17). The maximum atomic E-state index is 6.00. The summed E-state index contributed by atoms with van der Waals surface area (Å²) in [5.74, 6) is 0.726. The van der Waals surface area contributed by atoms with Gasteiger partial charge in [0.15, 0.2) is 5.96 Å². The Morgan fingerprint density at radius 2 is 2.11 bits per heavy atom. The van der Waals surface area contributed by atoms with Crippen molar-refractivity contribution in [1.29, 1.82) is 0 Å². The van der Waals surface area contributed by atoms with Crippen molar-refractivity contribution in [3.05, 3.63) is 35.9 Å². The Morgan fingerprint density at radius 1 is 1.32 bits per heavy atom. The van der Waals surface area contributed by atoms with Crippen LogP contribution in [0.2, 0.25) is 0 Å². The summed E-state index contributed by atoms with van der Waals surface area (Å²) < 4.78 is 0. The molecule has 19 heavy (non-hydrogen) atoms. The largest absolute Gasteiger partial charge is 0.370 e. The van der Waals surface area contributed by atoms with Crippen LogP contribution in [0.15, 0.2) is 35.3 Å². The van der Waals surface area contributed by atoms with Gasteiger partial charge >= 0.3 is 0 Å². The molecular weight excluding hydrogens is 236 g/mol. The van der Waals surface area contributed by atoms with Crippen LogP contribution < -0.4 is 5.73 Å². The second-order valence-electron chi connectivity index (χ2n) is 5.59. The quantitative estimate of drug-likeness (QED) is 0.888. The van der Waals surface area contributed by atoms with E-state index in [1.807, 2.05) is 0 Å². The minimum Gasteiger partial charge on any atom is -0.370 e. The molecule has 2 N–H and O–H groups in total. The third-order valence-electron chi connectivity index (χ3n) is 4.36. The van der Waals surface area contributed by atoms with Gasteiger partial charge in [-0.1, -0.05) is 30.3 Å². The first-order chi connectivity index (χ1) is 9.23. The van der Waals surface area contributed by atoms with Crippen LogP contribution in [0.3, 0.4) is 0 Å². The molecule has 0 radical (unpaired) electrons. The molecule has 0 aliphatic carbocycles. The van der Waals surface area contributed by atoms with E-state index in [0.717, 1.165) is 45.1 Å². The highest BCUT2D eigenvalue weighted by Crippen LogP contribution is 2.32. The van der Waals surface area contributed by atoms with E-state index in [-0.39, 0.29) is 5.54 Å². The fourth-order valence-corrected chi connectivity index (χ4v) is 3.41. The van der Waals surface area contributed by atoms with Gasteiger partial charge in [0.05, 0.1) is 12.1 Å². The average Bonchev–Trinajstić information content (AvgIpc) is 2.96. The maximum Gasteiger partial charge on any atom is 0.191 e. The van der Waals surface area contributed by atoms with Crippen molar-refractivity contribution in [2.45, 2.75) is 25.4 Å². The first-order valence-corrected chi connectivity index (χ1v) is 7.07. The smallest absolute Gasteiger partial charge is 0.191 e. The first-order valence-electron chi connectivity index (χ1n) is 7.07. The minimum atomic E-state index is 0.160. The highest BCUT2D eigenvalue weighted by atomic mass is 15.4. The molecular formula is C15H22N4. The predicted molar refractivity (Wildman–Crippen MR) is 77.9 cm³/mol. The number of likely N-dealkylation sites (N-methyl/N-ethyl adjacent to an activating group) is 1. The normalized spacial score (nSPS) is 27.2. The van der Waals surface area contributed by atoms with E-state index in [4.69, 9.17) is 5.73 Å². The molecule has 1 spiro atoms. The summed E-state index contributed by atoms with van der Waals surface area (Å²) >= 11 is 0. The zero-order valence-corrected chi connectivity index (χ0v) is 11.5. The van der Waals surface area contributed by atoms with Gasteiger partial charge in [0.2, 0.25) is 0 Å². The third kappa shape index (κ3) is 2.21. The molecule has 4 heteroatoms. The molecule has 4 nitrogen and oxygen atoms in total. The lowest BCUT2D eigenvalue weighted by Crippen LogP contribution is -2.53. The summed E-state index contributed by atoms with van der Waals surface area (Å²) in [5, 5.41) is 0. The molecule has 2 aliphatic rings. The number of hydrogen-bond donors (Lipinski definition) is 1. The zero-order chi connectivity index (χ0) is 13.3. The van der Waals surface area contributed by atoms with Crippen molar-refractivity contribution in [1.82, 2.24) is 9.80 Å². The van der Waals surface area contributed by atoms with Gasteiger partial charge in [-0.05, 0) is 18.9 Å². The van der Waals surface area contributed by atoms with Crippen molar-refractivity contribution < 1.29 is 0 Å². The van der Waals surface area contributed by atoms with Gasteiger partial charge in [-0.15, -0.1) is 0 Å². The van der Waals surface area contributed by atoms with E-state index in [1.54, 1.807) is 0 Å². The molecule has 0 amide bonds. The number of rotatable bonds is 3. The molecule has 102 valence electrons. The second-order valence-corrected chi connectivity index (χ2v) is 5.59. The Morgan fingerprint density at radius 3 is 2.84 bits per heavy atom. The lowest BCUT2D eigenvalue weighted by molar-refractivity contribution is 0.200. The van der Waals surface area contributed by atoms with Crippen LogP contribution >= 0.6 is 0 Å². The number of benzene rings is 1. The topological polar surface area (TPSA) is 44.9 Å². The maximum absolute atomic E-state index is 6.00. The Bertz CT molecular complexity index is 470. The Balaban J connectivity index is 1.68. The van der Waals surface area contributed by atoms with Crippen LogP contribution in [0.1, 0.15) is 18.9 Å². The number of nitrogens with zero attached hydrogens (tertiary/aromatic N) is 3. The van der Waals surface area contributed by atoms with Gasteiger partial charge in [0.25, 0.3) is 0 Å². The number of likely N-dealkylation sites (tertiary alicyclic amines) is 1. The van der Waals surface area contributed by atoms with Gasteiger partial charge in [0, 0.05) is 26.2 Å². The minimum absolute atomic E-state index is 0.160. The van der Waals surface area contributed by atoms with Crippen molar-refractivity contribution in [3.8, 4) is 0 Å². The summed E-state index contributed by atoms with van der Waals surface area (Å²) in [4.78, 5) is 9.27. The highest BCUT2D eigenvalue weighted by Gasteiger charge is 2.46. The number of hydrogen-bond acceptors (Lipinski definition) is 4. The second kappa shape index (κ2) is 4.85. The SMILES string of the molecule is CCN1C(N)=NCC12CCN(Cc1ccccc1)C2. The van der Waals surface area contributed by atoms with Gasteiger partial charge in [-0.2, -0.15) is 0 Å². The summed E-state index contributed by atoms with van der Waals surface area (Å²) in [6.45, 7) is 7.20. The summed E-state index contributed by atoms with van der Waals surface area (Å²) in [6.07, 6.45) is 1.16. The van der Waals surface area contributed by atoms with Crippen molar-refractivity contribution >= 4 is 5.96 Å². The summed E-state index contributed by atoms with van der Waals surface area (Å²) in [7, 11) is 0. The molecule has 2 aliphatic heterocycles. The lowest BCUT2D eigenvalue weighted by Gasteiger charge is -2.35. The number of aliphatic imine (C=N–C) groups is 1. The molecule has 1 saturated heterocycles. The number of nitrogens with two attached hydrogens (primary N) is 1. The number of guanidine groups is 1. The molecule has 1 aromatic carbocycles. The molecule has 0 bridgehead atoms. The van der Waals surface area contributed by atoms with Gasteiger partial charge < -0.3 is 10.6 Å². The van der Waals surface area contributed by atoms with Crippen LogP contribution in [0.4, 0.5) is 0 Å². The van der Waals surface area contributed by atoms with Gasteiger partial charge in [0.1, 0.15) is 0 Å². The van der Waals surface area contributed by atoms with Crippen LogP contribution in [-0.4, -0.2) is 47.5 Å². The lowest BCUT2D eigenvalue weighted by atomic mass is 9.98. The molecule has 0 saturated carbocycles. The van der Waals surface area contributed by atoms with E-state index in [1.165, 1.54) is 5.56 Å². The van der Waals surface area contributed by atoms with E-state index < -0.39 is 0 Å². The van der Waals surface area contributed by atoms with E-state index in [9.17, 15) is 0 Å². The molecule has 0 aromatic heterocycles. The Hall–Kier alpha value is -1.55. The summed E-state index contributed by atoms with van der Waals surface area (Å²) in [6, 6.07) is 10.7. The van der Waals surface area contributed by atoms with Crippen molar-refractivity contribution in [2.24, 2.45) is 10.7 Å². The van der Waals surface area contributed by atoms with Crippen LogP contribution in [0.5, 0.6) is 0 Å². The van der Waals surface area contributed by atoms with E-state index in [2.05, 4.69) is 52.0 Å². The van der Waals surface area contributed by atoms with E-state index >= 15 is 0 Å². The molecule has 1 unspecified atom stereocenters. The monoisotopic (exact) mass is 258 g/mol. The average molecular weight is 258 g/mol. The highest BCUT2D eigenvalue weighted by molar-refractivity contribution is 5.81. The first kappa shape index (κ1) is 12.5. The fraction of sp³-hybridized carbons (Fsp3) is 0.533.